The van der Waals surface area contributed by atoms with Crippen LogP contribution in [-0.4, -0.2) is 65.5 Å². The van der Waals surface area contributed by atoms with Gasteiger partial charge < -0.3 is 14.5 Å². The summed E-state index contributed by atoms with van der Waals surface area (Å²) in [7, 11) is 0. The number of carbonyl (C=O) groups is 3. The molecule has 0 bridgehead atoms. The summed E-state index contributed by atoms with van der Waals surface area (Å²) in [5.41, 5.74) is 0.483. The van der Waals surface area contributed by atoms with Crippen LogP contribution in [0.4, 0.5) is 0 Å². The van der Waals surface area contributed by atoms with E-state index in [0.717, 1.165) is 18.4 Å². The minimum Gasteiger partial charge on any atom is -0.465 e. The van der Waals surface area contributed by atoms with Crippen molar-refractivity contribution < 1.29 is 19.1 Å². The lowest BCUT2D eigenvalue weighted by Gasteiger charge is -2.44. The van der Waals surface area contributed by atoms with Crippen molar-refractivity contribution in [2.45, 2.75) is 50.7 Å². The van der Waals surface area contributed by atoms with Crippen molar-refractivity contribution >= 4 is 17.8 Å². The van der Waals surface area contributed by atoms with E-state index in [0.29, 0.717) is 39.0 Å². The van der Waals surface area contributed by atoms with Gasteiger partial charge in [0.25, 0.3) is 0 Å². The lowest BCUT2D eigenvalue weighted by atomic mass is 9.95. The smallest absolute Gasteiger partial charge is 0.325 e. The molecule has 156 valence electrons. The minimum absolute atomic E-state index is 0.0540. The Morgan fingerprint density at radius 2 is 1.86 bits per heavy atom. The third-order valence-corrected chi connectivity index (χ3v) is 6.23. The molecule has 3 aliphatic rings. The number of ether oxygens (including phenoxy) is 1. The molecule has 2 saturated heterocycles. The second kappa shape index (κ2) is 8.14. The van der Waals surface area contributed by atoms with Crippen LogP contribution < -0.4 is 5.32 Å². The van der Waals surface area contributed by atoms with E-state index in [1.165, 1.54) is 0 Å². The fourth-order valence-corrected chi connectivity index (χ4v) is 4.52. The Labute approximate surface area is 171 Å². The van der Waals surface area contributed by atoms with E-state index in [9.17, 15) is 14.4 Å². The quantitative estimate of drug-likeness (QED) is 0.730. The summed E-state index contributed by atoms with van der Waals surface area (Å²) in [6.45, 7) is 3.21. The normalized spacial score (nSPS) is 23.5. The first-order valence-electron chi connectivity index (χ1n) is 10.6. The Balaban J connectivity index is 1.50. The van der Waals surface area contributed by atoms with E-state index in [-0.39, 0.29) is 36.3 Å². The van der Waals surface area contributed by atoms with E-state index >= 15 is 0 Å². The maximum absolute atomic E-state index is 13.2. The van der Waals surface area contributed by atoms with E-state index in [4.69, 9.17) is 4.74 Å². The molecule has 3 fully saturated rings. The van der Waals surface area contributed by atoms with Gasteiger partial charge in [-0.05, 0) is 31.7 Å². The number of benzene rings is 1. The van der Waals surface area contributed by atoms with Crippen LogP contribution in [0.25, 0.3) is 0 Å². The molecule has 29 heavy (non-hydrogen) atoms. The van der Waals surface area contributed by atoms with E-state index < -0.39 is 5.66 Å². The molecule has 2 heterocycles. The highest BCUT2D eigenvalue weighted by Gasteiger charge is 2.52. The van der Waals surface area contributed by atoms with Crippen LogP contribution in [0.5, 0.6) is 0 Å². The van der Waals surface area contributed by atoms with Crippen LogP contribution in [-0.2, 0) is 25.5 Å². The molecular weight excluding hydrogens is 370 g/mol. The monoisotopic (exact) mass is 399 g/mol. The largest absolute Gasteiger partial charge is 0.465 e. The third-order valence-electron chi connectivity index (χ3n) is 6.23. The summed E-state index contributed by atoms with van der Waals surface area (Å²) >= 11 is 0. The SMILES string of the molecule is CCOC(=O)CN1C(=O)C(Cc2ccccc2)NC12CCN(C(=O)C1CC1)CC2. The van der Waals surface area contributed by atoms with E-state index in [1.54, 1.807) is 11.8 Å². The molecule has 7 nitrogen and oxygen atoms in total. The molecule has 1 spiro atoms. The number of piperidine rings is 1. The first kappa shape index (κ1) is 19.9. The van der Waals surface area contributed by atoms with Gasteiger partial charge in [0, 0.05) is 31.8 Å². The number of amides is 2. The van der Waals surface area contributed by atoms with Crippen molar-refractivity contribution in [2.75, 3.05) is 26.2 Å². The molecular formula is C22H29N3O4. The number of carbonyl (C=O) groups excluding carboxylic acids is 3. The predicted octanol–water partition coefficient (Wildman–Crippen LogP) is 1.32. The molecule has 1 atom stereocenters. The minimum atomic E-state index is -0.594. The van der Waals surface area contributed by atoms with Crippen molar-refractivity contribution in [1.82, 2.24) is 15.1 Å². The number of hydrogen-bond donors (Lipinski definition) is 1. The molecule has 1 aliphatic carbocycles. The first-order valence-corrected chi connectivity index (χ1v) is 10.6. The van der Waals surface area contributed by atoms with Crippen LogP contribution in [0.2, 0.25) is 0 Å². The molecule has 1 unspecified atom stereocenters. The van der Waals surface area contributed by atoms with Gasteiger partial charge in [-0.3, -0.25) is 19.7 Å². The molecule has 7 heteroatoms. The first-order chi connectivity index (χ1) is 14.0. The second-order valence-corrected chi connectivity index (χ2v) is 8.25. The maximum Gasteiger partial charge on any atom is 0.325 e. The Bertz CT molecular complexity index is 770. The lowest BCUT2D eigenvalue weighted by Crippen LogP contribution is -2.60. The number of rotatable bonds is 6. The fourth-order valence-electron chi connectivity index (χ4n) is 4.52. The summed E-state index contributed by atoms with van der Waals surface area (Å²) in [4.78, 5) is 41.4. The topological polar surface area (TPSA) is 79.0 Å². The molecule has 1 aromatic rings. The Morgan fingerprint density at radius 1 is 1.17 bits per heavy atom. The van der Waals surface area contributed by atoms with Crippen molar-refractivity contribution in [3.63, 3.8) is 0 Å². The van der Waals surface area contributed by atoms with E-state index in [2.05, 4.69) is 5.32 Å². The van der Waals surface area contributed by atoms with Crippen LogP contribution >= 0.6 is 0 Å². The van der Waals surface area contributed by atoms with Gasteiger partial charge in [0.05, 0.1) is 18.3 Å². The van der Waals surface area contributed by atoms with Crippen molar-refractivity contribution in [2.24, 2.45) is 5.92 Å². The van der Waals surface area contributed by atoms with Gasteiger partial charge in [-0.1, -0.05) is 30.3 Å². The van der Waals surface area contributed by atoms with E-state index in [1.807, 2.05) is 35.2 Å². The van der Waals surface area contributed by atoms with Gasteiger partial charge in [-0.25, -0.2) is 0 Å². The highest BCUT2D eigenvalue weighted by molar-refractivity contribution is 5.89. The number of likely N-dealkylation sites (tertiary alicyclic amines) is 1. The number of nitrogens with zero attached hydrogens (tertiary/aromatic N) is 2. The van der Waals surface area contributed by atoms with Crippen molar-refractivity contribution in [1.29, 1.82) is 0 Å². The summed E-state index contributed by atoms with van der Waals surface area (Å²) in [6.07, 6.45) is 3.81. The van der Waals surface area contributed by atoms with Gasteiger partial charge >= 0.3 is 5.97 Å². The number of nitrogens with one attached hydrogen (secondary N) is 1. The summed E-state index contributed by atoms with van der Waals surface area (Å²) in [5.74, 6) is -0.0200. The number of esters is 1. The maximum atomic E-state index is 13.2. The molecule has 4 rings (SSSR count). The summed E-state index contributed by atoms with van der Waals surface area (Å²) < 4.78 is 5.11. The summed E-state index contributed by atoms with van der Waals surface area (Å²) in [5, 5.41) is 3.54. The van der Waals surface area contributed by atoms with Crippen LogP contribution in [0, 0.1) is 5.92 Å². The molecule has 1 aromatic carbocycles. The average Bonchev–Trinajstić information content (AvgIpc) is 3.54. The zero-order chi connectivity index (χ0) is 20.4. The fraction of sp³-hybridized carbons (Fsp3) is 0.591. The molecule has 1 saturated carbocycles. The van der Waals surface area contributed by atoms with Crippen LogP contribution in [0.3, 0.4) is 0 Å². The highest BCUT2D eigenvalue weighted by Crippen LogP contribution is 2.36. The second-order valence-electron chi connectivity index (χ2n) is 8.25. The molecule has 1 N–H and O–H groups in total. The zero-order valence-electron chi connectivity index (χ0n) is 16.9. The Kier molecular flexibility index (Phi) is 5.58. The van der Waals surface area contributed by atoms with Gasteiger partial charge in [-0.2, -0.15) is 0 Å². The summed E-state index contributed by atoms with van der Waals surface area (Å²) in [6, 6.07) is 9.51. The molecule has 2 aliphatic heterocycles. The average molecular weight is 399 g/mol. The number of hydrogen-bond acceptors (Lipinski definition) is 5. The van der Waals surface area contributed by atoms with Crippen LogP contribution in [0.15, 0.2) is 30.3 Å². The van der Waals surface area contributed by atoms with Gasteiger partial charge in [0.1, 0.15) is 6.54 Å². The lowest BCUT2D eigenvalue weighted by molar-refractivity contribution is -0.152. The van der Waals surface area contributed by atoms with Gasteiger partial charge in [0.2, 0.25) is 11.8 Å². The third kappa shape index (κ3) is 4.15. The Hall–Kier alpha value is -2.41. The van der Waals surface area contributed by atoms with Gasteiger partial charge in [0.15, 0.2) is 0 Å². The molecule has 0 aromatic heterocycles. The molecule has 2 amide bonds. The van der Waals surface area contributed by atoms with Gasteiger partial charge in [-0.15, -0.1) is 0 Å². The van der Waals surface area contributed by atoms with Crippen LogP contribution in [0.1, 0.15) is 38.2 Å². The highest BCUT2D eigenvalue weighted by atomic mass is 16.5. The standard InChI is InChI=1S/C22H29N3O4/c1-2-29-19(26)15-25-21(28)18(14-16-6-4-3-5-7-16)23-22(25)10-12-24(13-11-22)20(27)17-8-9-17/h3-7,17-18,23H,2,8-15H2,1H3. The Morgan fingerprint density at radius 3 is 2.48 bits per heavy atom. The molecule has 0 radical (unpaired) electrons. The zero-order valence-corrected chi connectivity index (χ0v) is 16.9. The predicted molar refractivity (Wildman–Crippen MR) is 107 cm³/mol. The van der Waals surface area contributed by atoms with Crippen molar-refractivity contribution in [3.8, 4) is 0 Å². The van der Waals surface area contributed by atoms with Crippen molar-refractivity contribution in [3.05, 3.63) is 35.9 Å².